The average Bonchev–Trinajstić information content (AvgIpc) is 3.18. The number of nitrogens with one attached hydrogen (secondary N) is 2. The van der Waals surface area contributed by atoms with Crippen molar-refractivity contribution in [2.24, 2.45) is 0 Å². The Morgan fingerprint density at radius 1 is 0.897 bits per heavy atom. The second-order valence-corrected chi connectivity index (χ2v) is 6.88. The zero-order valence-electron chi connectivity index (χ0n) is 15.7. The minimum atomic E-state index is -0.288. The quantitative estimate of drug-likeness (QED) is 0.648. The third-order valence-electron chi connectivity index (χ3n) is 4.68. The van der Waals surface area contributed by atoms with E-state index >= 15 is 0 Å². The fraction of sp³-hybridized carbons (Fsp3) is 0.174. The number of carbonyl (C=O) groups excluding carboxylic acids is 1. The lowest BCUT2D eigenvalue weighted by atomic mass is 9.98. The van der Waals surface area contributed by atoms with E-state index in [1.54, 1.807) is 12.1 Å². The maximum absolute atomic E-state index is 13.2. The summed E-state index contributed by atoms with van der Waals surface area (Å²) in [5.74, 6) is 1.14. The van der Waals surface area contributed by atoms with Crippen molar-refractivity contribution in [2.45, 2.75) is 18.9 Å². The summed E-state index contributed by atoms with van der Waals surface area (Å²) in [5.41, 5.74) is 2.67. The molecule has 0 aromatic heterocycles. The number of hydrogen-bond acceptors (Lipinski definition) is 3. The lowest BCUT2D eigenvalue weighted by Crippen LogP contribution is -2.40. The molecule has 1 aliphatic rings. The van der Waals surface area contributed by atoms with E-state index in [9.17, 15) is 9.18 Å². The van der Waals surface area contributed by atoms with E-state index < -0.39 is 0 Å². The first kappa shape index (κ1) is 18.8. The molecule has 0 saturated heterocycles. The highest BCUT2D eigenvalue weighted by Crippen LogP contribution is 2.32. The van der Waals surface area contributed by atoms with E-state index in [-0.39, 0.29) is 24.7 Å². The molecule has 0 unspecified atom stereocenters. The zero-order chi connectivity index (χ0) is 20.1. The number of hydrogen-bond donors (Lipinski definition) is 2. The Bertz CT molecular complexity index is 977. The van der Waals surface area contributed by atoms with Crippen LogP contribution >= 0.6 is 0 Å². The van der Waals surface area contributed by atoms with Gasteiger partial charge >= 0.3 is 6.03 Å². The number of anilines is 1. The minimum Gasteiger partial charge on any atom is -0.454 e. The molecule has 2 N–H and O–H groups in total. The standard InChI is InChI=1S/C23H21FN2O3/c24-18-9-6-16(7-10-18)12-20(26-23(27)25-19-4-2-1-3-5-19)13-17-8-11-21-22(14-17)29-15-28-21/h1-11,14,20H,12-13,15H2,(H2,25,26,27)/t20-/m0/s1. The molecule has 2 amide bonds. The number of rotatable bonds is 6. The van der Waals surface area contributed by atoms with Gasteiger partial charge in [0.1, 0.15) is 5.82 Å². The van der Waals surface area contributed by atoms with Gasteiger partial charge in [0, 0.05) is 11.7 Å². The van der Waals surface area contributed by atoms with Crippen LogP contribution in [0.2, 0.25) is 0 Å². The molecular weight excluding hydrogens is 371 g/mol. The van der Waals surface area contributed by atoms with E-state index in [0.717, 1.165) is 16.9 Å². The van der Waals surface area contributed by atoms with Gasteiger partial charge in [-0.2, -0.15) is 0 Å². The smallest absolute Gasteiger partial charge is 0.319 e. The molecular formula is C23H21FN2O3. The highest BCUT2D eigenvalue weighted by Gasteiger charge is 2.18. The van der Waals surface area contributed by atoms with E-state index in [1.165, 1.54) is 12.1 Å². The van der Waals surface area contributed by atoms with Crippen LogP contribution < -0.4 is 20.1 Å². The van der Waals surface area contributed by atoms with E-state index in [0.29, 0.717) is 24.3 Å². The van der Waals surface area contributed by atoms with E-state index in [2.05, 4.69) is 10.6 Å². The Labute approximate surface area is 168 Å². The van der Waals surface area contributed by atoms with Gasteiger partial charge in [-0.1, -0.05) is 36.4 Å². The minimum absolute atomic E-state index is 0.190. The predicted octanol–water partition coefficient (Wildman–Crippen LogP) is 4.53. The van der Waals surface area contributed by atoms with E-state index in [1.807, 2.05) is 48.5 Å². The first-order valence-electron chi connectivity index (χ1n) is 9.41. The Balaban J connectivity index is 1.48. The van der Waals surface area contributed by atoms with Crippen LogP contribution in [0.15, 0.2) is 72.8 Å². The molecule has 0 saturated carbocycles. The van der Waals surface area contributed by atoms with Crippen molar-refractivity contribution in [1.29, 1.82) is 0 Å². The average molecular weight is 392 g/mol. The molecule has 3 aromatic rings. The van der Waals surface area contributed by atoms with Gasteiger partial charge in [-0.05, 0) is 60.4 Å². The second-order valence-electron chi connectivity index (χ2n) is 6.88. The molecule has 0 fully saturated rings. The molecule has 6 heteroatoms. The van der Waals surface area contributed by atoms with Crippen molar-refractivity contribution in [1.82, 2.24) is 5.32 Å². The molecule has 1 heterocycles. The molecule has 4 rings (SSSR count). The molecule has 148 valence electrons. The van der Waals surface area contributed by atoms with Crippen LogP contribution in [0.5, 0.6) is 11.5 Å². The summed E-state index contributed by atoms with van der Waals surface area (Å²) < 4.78 is 24.1. The van der Waals surface area contributed by atoms with Crippen LogP contribution in [-0.4, -0.2) is 18.9 Å². The molecule has 5 nitrogen and oxygen atoms in total. The zero-order valence-corrected chi connectivity index (χ0v) is 15.7. The molecule has 1 atom stereocenters. The summed E-state index contributed by atoms with van der Waals surface area (Å²) in [6.45, 7) is 0.218. The number of ether oxygens (including phenoxy) is 2. The number of fused-ring (bicyclic) bond motifs is 1. The maximum atomic E-state index is 13.2. The summed E-state index contributed by atoms with van der Waals surface area (Å²) in [7, 11) is 0. The third kappa shape index (κ3) is 5.04. The van der Waals surface area contributed by atoms with Crippen LogP contribution in [0.3, 0.4) is 0 Å². The fourth-order valence-corrected chi connectivity index (χ4v) is 3.31. The number of amides is 2. The van der Waals surface area contributed by atoms with Gasteiger partial charge in [0.15, 0.2) is 11.5 Å². The molecule has 0 radical (unpaired) electrons. The van der Waals surface area contributed by atoms with Gasteiger partial charge in [0.2, 0.25) is 6.79 Å². The first-order chi connectivity index (χ1) is 14.2. The summed E-state index contributed by atoms with van der Waals surface area (Å²) >= 11 is 0. The summed E-state index contributed by atoms with van der Waals surface area (Å²) in [5, 5.41) is 5.87. The number of urea groups is 1. The highest BCUT2D eigenvalue weighted by molar-refractivity contribution is 5.89. The number of halogens is 1. The van der Waals surface area contributed by atoms with Crippen LogP contribution in [0, 0.1) is 5.82 Å². The molecule has 29 heavy (non-hydrogen) atoms. The second kappa shape index (κ2) is 8.65. The molecule has 0 spiro atoms. The molecule has 0 bridgehead atoms. The summed E-state index contributed by atoms with van der Waals surface area (Å²) in [6.07, 6.45) is 1.16. The van der Waals surface area contributed by atoms with Gasteiger partial charge in [0.25, 0.3) is 0 Å². The maximum Gasteiger partial charge on any atom is 0.319 e. The third-order valence-corrected chi connectivity index (χ3v) is 4.68. The fourth-order valence-electron chi connectivity index (χ4n) is 3.31. The van der Waals surface area contributed by atoms with Crippen molar-refractivity contribution >= 4 is 11.7 Å². The van der Waals surface area contributed by atoms with Crippen molar-refractivity contribution in [3.63, 3.8) is 0 Å². The molecule has 3 aromatic carbocycles. The van der Waals surface area contributed by atoms with Gasteiger partial charge in [0.05, 0.1) is 0 Å². The SMILES string of the molecule is O=C(Nc1ccccc1)N[C@@H](Cc1ccc(F)cc1)Cc1ccc2c(c1)OCO2. The van der Waals surface area contributed by atoms with E-state index in [4.69, 9.17) is 9.47 Å². The van der Waals surface area contributed by atoms with Crippen LogP contribution in [0.4, 0.5) is 14.9 Å². The topological polar surface area (TPSA) is 59.6 Å². The van der Waals surface area contributed by atoms with Crippen LogP contribution in [0.1, 0.15) is 11.1 Å². The van der Waals surface area contributed by atoms with Crippen LogP contribution in [-0.2, 0) is 12.8 Å². The largest absolute Gasteiger partial charge is 0.454 e. The van der Waals surface area contributed by atoms with Gasteiger partial charge in [-0.25, -0.2) is 9.18 Å². The van der Waals surface area contributed by atoms with Crippen molar-refractivity contribution in [2.75, 3.05) is 12.1 Å². The predicted molar refractivity (Wildman–Crippen MR) is 109 cm³/mol. The Hall–Kier alpha value is -3.54. The van der Waals surface area contributed by atoms with Crippen LogP contribution in [0.25, 0.3) is 0 Å². The lowest BCUT2D eigenvalue weighted by Gasteiger charge is -2.20. The highest BCUT2D eigenvalue weighted by atomic mass is 19.1. The Kier molecular flexibility index (Phi) is 5.61. The monoisotopic (exact) mass is 392 g/mol. The Morgan fingerprint density at radius 2 is 1.59 bits per heavy atom. The first-order valence-corrected chi connectivity index (χ1v) is 9.41. The summed E-state index contributed by atoms with van der Waals surface area (Å²) in [4.78, 5) is 12.5. The molecule has 0 aliphatic carbocycles. The van der Waals surface area contributed by atoms with Gasteiger partial charge in [-0.3, -0.25) is 0 Å². The van der Waals surface area contributed by atoms with Gasteiger partial charge < -0.3 is 20.1 Å². The number of benzene rings is 3. The van der Waals surface area contributed by atoms with Crippen molar-refractivity contribution in [3.05, 3.63) is 89.7 Å². The Morgan fingerprint density at radius 3 is 2.38 bits per heavy atom. The van der Waals surface area contributed by atoms with Crippen molar-refractivity contribution in [3.8, 4) is 11.5 Å². The lowest BCUT2D eigenvalue weighted by molar-refractivity contribution is 0.174. The molecule has 1 aliphatic heterocycles. The van der Waals surface area contributed by atoms with Crippen molar-refractivity contribution < 1.29 is 18.7 Å². The number of para-hydroxylation sites is 1. The summed E-state index contributed by atoms with van der Waals surface area (Å²) in [6, 6.07) is 20.9. The van der Waals surface area contributed by atoms with Gasteiger partial charge in [-0.15, -0.1) is 0 Å². The normalized spacial score (nSPS) is 13.0. The number of carbonyl (C=O) groups is 1.